The number of amidine groups is 1. The van der Waals surface area contributed by atoms with Gasteiger partial charge in [-0.3, -0.25) is 0 Å². The summed E-state index contributed by atoms with van der Waals surface area (Å²) in [6.07, 6.45) is 9.11. The van der Waals surface area contributed by atoms with Gasteiger partial charge >= 0.3 is 0 Å². The van der Waals surface area contributed by atoms with Gasteiger partial charge in [-0.2, -0.15) is 0 Å². The fraction of sp³-hybridized carbons (Fsp3) is 0.0870. The normalized spacial score (nSPS) is 18.7. The average Bonchev–Trinajstić information content (AvgIpc) is 3.30. The number of fused-ring (bicyclic) bond motifs is 2. The van der Waals surface area contributed by atoms with Crippen LogP contribution in [-0.2, 0) is 10.0 Å². The number of sulfonamides is 1. The first-order valence-electron chi connectivity index (χ1n) is 9.45. The molecule has 1 N–H and O–H groups in total. The van der Waals surface area contributed by atoms with E-state index in [1.165, 1.54) is 4.31 Å². The number of aromatic amines is 1. The van der Waals surface area contributed by atoms with Gasteiger partial charge in [-0.25, -0.2) is 17.7 Å². The van der Waals surface area contributed by atoms with Gasteiger partial charge < -0.3 is 4.98 Å². The van der Waals surface area contributed by atoms with E-state index in [0.717, 1.165) is 32.1 Å². The van der Waals surface area contributed by atoms with Gasteiger partial charge in [0.15, 0.2) is 0 Å². The smallest absolute Gasteiger partial charge is 0.269 e. The van der Waals surface area contributed by atoms with Crippen LogP contribution in [0.1, 0.15) is 11.1 Å². The Kier molecular flexibility index (Phi) is 4.52. The molecule has 3 heterocycles. The van der Waals surface area contributed by atoms with E-state index >= 15 is 0 Å². The molecule has 5 rings (SSSR count). The van der Waals surface area contributed by atoms with E-state index < -0.39 is 10.0 Å². The third kappa shape index (κ3) is 3.14. The lowest BCUT2D eigenvalue weighted by molar-refractivity contribution is 0.563. The maximum atomic E-state index is 13.5. The van der Waals surface area contributed by atoms with Crippen molar-refractivity contribution < 1.29 is 8.42 Å². The lowest BCUT2D eigenvalue weighted by Crippen LogP contribution is -2.31. The van der Waals surface area contributed by atoms with Crippen LogP contribution in [0.5, 0.6) is 0 Å². The molecule has 30 heavy (non-hydrogen) atoms. The Morgan fingerprint density at radius 3 is 2.70 bits per heavy atom. The lowest BCUT2D eigenvalue weighted by atomic mass is 9.93. The zero-order valence-corrected chi connectivity index (χ0v) is 18.5. The van der Waals surface area contributed by atoms with Crippen molar-refractivity contribution in [3.63, 3.8) is 0 Å². The summed E-state index contributed by atoms with van der Waals surface area (Å²) >= 11 is 3.45. The van der Waals surface area contributed by atoms with E-state index in [2.05, 4.69) is 32.0 Å². The van der Waals surface area contributed by atoms with E-state index in [0.29, 0.717) is 5.84 Å². The third-order valence-corrected chi connectivity index (χ3v) is 7.48. The van der Waals surface area contributed by atoms with Crippen molar-refractivity contribution in [2.24, 2.45) is 10.9 Å². The first-order valence-corrected chi connectivity index (χ1v) is 11.7. The molecule has 2 aliphatic rings. The van der Waals surface area contributed by atoms with Crippen LogP contribution in [-0.4, -0.2) is 23.5 Å². The molecule has 1 aromatic heterocycles. The van der Waals surface area contributed by atoms with Crippen LogP contribution >= 0.6 is 15.9 Å². The fourth-order valence-electron chi connectivity index (χ4n) is 3.74. The van der Waals surface area contributed by atoms with E-state index in [4.69, 9.17) is 0 Å². The molecule has 2 aliphatic heterocycles. The van der Waals surface area contributed by atoms with Crippen molar-refractivity contribution in [1.29, 1.82) is 0 Å². The highest BCUT2D eigenvalue weighted by molar-refractivity contribution is 9.11. The number of benzene rings is 2. The third-order valence-electron chi connectivity index (χ3n) is 5.33. The standard InChI is InChI=1S/C23H18BrN3O2S/c1-15-2-6-19(7-3-15)30(28,29)27-14-21(20-8-5-18(24)13-26-23(20)27)16-4-9-22-17(12-16)10-11-25-22/h2-14,20,25H,1H3. The first kappa shape index (κ1) is 19.1. The van der Waals surface area contributed by atoms with Crippen molar-refractivity contribution in [1.82, 2.24) is 9.29 Å². The second-order valence-corrected chi connectivity index (χ2v) is 10.0. The second kappa shape index (κ2) is 7.11. The van der Waals surface area contributed by atoms with Crippen molar-refractivity contribution in [3.05, 3.63) is 94.9 Å². The summed E-state index contributed by atoms with van der Waals surface area (Å²) in [4.78, 5) is 7.95. The van der Waals surface area contributed by atoms with Crippen LogP contribution in [0, 0.1) is 12.8 Å². The Balaban J connectivity index is 1.67. The molecule has 1 unspecified atom stereocenters. The number of rotatable bonds is 3. The van der Waals surface area contributed by atoms with Crippen molar-refractivity contribution >= 4 is 48.3 Å². The number of aryl methyl sites for hydroxylation is 1. The van der Waals surface area contributed by atoms with Crippen LogP contribution < -0.4 is 0 Å². The number of aromatic nitrogens is 1. The summed E-state index contributed by atoms with van der Waals surface area (Å²) < 4.78 is 29.1. The molecule has 2 aromatic carbocycles. The number of nitrogens with one attached hydrogen (secondary N) is 1. The Labute approximate surface area is 183 Å². The van der Waals surface area contributed by atoms with Gasteiger partial charge in [0.05, 0.1) is 10.8 Å². The van der Waals surface area contributed by atoms with E-state index in [1.54, 1.807) is 36.7 Å². The van der Waals surface area contributed by atoms with Gasteiger partial charge in [-0.05, 0) is 75.8 Å². The Morgan fingerprint density at radius 1 is 1.10 bits per heavy atom. The SMILES string of the molecule is Cc1ccc(S(=O)(=O)N2C=C(c3ccc4[nH]ccc4c3)C3C=CC(Br)=CN=C32)cc1. The molecule has 3 aromatic rings. The number of H-pyrrole nitrogens is 1. The van der Waals surface area contributed by atoms with Crippen LogP contribution in [0.15, 0.2) is 93.6 Å². The predicted molar refractivity (Wildman–Crippen MR) is 124 cm³/mol. The highest BCUT2D eigenvalue weighted by Crippen LogP contribution is 2.39. The molecule has 0 saturated carbocycles. The molecular weight excluding hydrogens is 462 g/mol. The Bertz CT molecular complexity index is 1380. The Hall–Kier alpha value is -2.90. The zero-order chi connectivity index (χ0) is 20.9. The van der Waals surface area contributed by atoms with Gasteiger partial charge in [0, 0.05) is 28.6 Å². The van der Waals surface area contributed by atoms with Crippen molar-refractivity contribution in [2.75, 3.05) is 0 Å². The summed E-state index contributed by atoms with van der Waals surface area (Å²) in [7, 11) is -3.79. The van der Waals surface area contributed by atoms with Gasteiger partial charge in [0.1, 0.15) is 5.84 Å². The van der Waals surface area contributed by atoms with Crippen LogP contribution in [0.2, 0.25) is 0 Å². The maximum absolute atomic E-state index is 13.5. The maximum Gasteiger partial charge on any atom is 0.269 e. The predicted octanol–water partition coefficient (Wildman–Crippen LogP) is 5.34. The molecule has 5 nitrogen and oxygen atoms in total. The van der Waals surface area contributed by atoms with Crippen LogP contribution in [0.3, 0.4) is 0 Å². The number of hydrogen-bond acceptors (Lipinski definition) is 3. The number of allylic oxidation sites excluding steroid dienone is 2. The molecule has 0 spiro atoms. The number of halogens is 1. The fourth-order valence-corrected chi connectivity index (χ4v) is 5.36. The Morgan fingerprint density at radius 2 is 1.90 bits per heavy atom. The summed E-state index contributed by atoms with van der Waals surface area (Å²) in [5.41, 5.74) is 3.89. The first-order chi connectivity index (χ1) is 14.4. The number of nitrogens with zero attached hydrogens (tertiary/aromatic N) is 2. The molecule has 0 fully saturated rings. The van der Waals surface area contributed by atoms with Gasteiger partial charge in [0.2, 0.25) is 0 Å². The molecular formula is C23H18BrN3O2S. The van der Waals surface area contributed by atoms with E-state index in [9.17, 15) is 8.42 Å². The van der Waals surface area contributed by atoms with Crippen LogP contribution in [0.25, 0.3) is 16.5 Å². The van der Waals surface area contributed by atoms with Gasteiger partial charge in [-0.15, -0.1) is 0 Å². The molecule has 7 heteroatoms. The molecule has 0 saturated heterocycles. The molecule has 1 atom stereocenters. The minimum Gasteiger partial charge on any atom is -0.361 e. The molecule has 0 aliphatic carbocycles. The zero-order valence-electron chi connectivity index (χ0n) is 16.1. The topological polar surface area (TPSA) is 65.5 Å². The average molecular weight is 480 g/mol. The largest absolute Gasteiger partial charge is 0.361 e. The highest BCUT2D eigenvalue weighted by Gasteiger charge is 2.38. The summed E-state index contributed by atoms with van der Waals surface area (Å²) in [6.45, 7) is 1.93. The van der Waals surface area contributed by atoms with Crippen molar-refractivity contribution in [3.8, 4) is 0 Å². The molecule has 150 valence electrons. The highest BCUT2D eigenvalue weighted by atomic mass is 79.9. The minimum atomic E-state index is -3.79. The second-order valence-electron chi connectivity index (χ2n) is 7.32. The molecule has 0 radical (unpaired) electrons. The summed E-state index contributed by atoms with van der Waals surface area (Å²) in [6, 6.07) is 15.0. The quantitative estimate of drug-likeness (QED) is 0.550. The summed E-state index contributed by atoms with van der Waals surface area (Å²) in [5.74, 6) is 0.193. The van der Waals surface area contributed by atoms with Gasteiger partial charge in [-0.1, -0.05) is 29.8 Å². The van der Waals surface area contributed by atoms with Crippen molar-refractivity contribution in [2.45, 2.75) is 11.8 Å². The van der Waals surface area contributed by atoms with E-state index in [-0.39, 0.29) is 10.8 Å². The van der Waals surface area contributed by atoms with Crippen LogP contribution in [0.4, 0.5) is 0 Å². The molecule has 0 amide bonds. The van der Waals surface area contributed by atoms with Gasteiger partial charge in [0.25, 0.3) is 10.0 Å². The van der Waals surface area contributed by atoms with E-state index in [1.807, 2.05) is 43.5 Å². The number of hydrogen-bond donors (Lipinski definition) is 1. The summed E-state index contributed by atoms with van der Waals surface area (Å²) in [5, 5.41) is 1.07. The monoisotopic (exact) mass is 479 g/mol. The minimum absolute atomic E-state index is 0.240. The lowest BCUT2D eigenvalue weighted by Gasteiger charge is -2.19. The molecule has 0 bridgehead atoms. The number of aliphatic imine (C=N–C) groups is 1.